The Labute approximate surface area is 376 Å². The lowest BCUT2D eigenvalue weighted by Gasteiger charge is -2.40. The molecule has 2 amide bonds. The largest absolute Gasteiger partial charge is 0.444 e. The van der Waals surface area contributed by atoms with Crippen LogP contribution in [0.3, 0.4) is 0 Å². The van der Waals surface area contributed by atoms with Crippen molar-refractivity contribution in [1.29, 1.82) is 0 Å². The first-order valence-corrected chi connectivity index (χ1v) is 23.1. The first-order valence-electron chi connectivity index (χ1n) is 21.2. The number of ether oxygens (including phenoxy) is 1. The van der Waals surface area contributed by atoms with Gasteiger partial charge in [-0.15, -0.1) is 0 Å². The normalized spacial score (nSPS) is 15.0. The number of anilines is 3. The third-order valence-electron chi connectivity index (χ3n) is 12.1. The quantitative estimate of drug-likeness (QED) is 0.123. The number of carbonyl (C=O) groups excluding carboxylic acids is 3. The number of fused-ring (bicyclic) bond motifs is 6. The Bertz CT molecular complexity index is 3050. The van der Waals surface area contributed by atoms with Gasteiger partial charge in [-0.2, -0.15) is 0 Å². The molecule has 1 fully saturated rings. The van der Waals surface area contributed by atoms with Crippen LogP contribution in [0.2, 0.25) is 5.02 Å². The number of carbonyl (C=O) groups is 3. The van der Waals surface area contributed by atoms with Gasteiger partial charge in [-0.05, 0) is 110 Å². The summed E-state index contributed by atoms with van der Waals surface area (Å²) in [6.07, 6.45) is 4.10. The zero-order valence-corrected chi connectivity index (χ0v) is 37.0. The summed E-state index contributed by atoms with van der Waals surface area (Å²) in [6.45, 7) is 2.91. The molecule has 2 aliphatic heterocycles. The average Bonchev–Trinajstić information content (AvgIpc) is 3.83. The number of rotatable bonds is 10. The van der Waals surface area contributed by atoms with Crippen LogP contribution in [0, 0.1) is 0 Å². The zero-order chi connectivity index (χ0) is 44.5. The van der Waals surface area contributed by atoms with Gasteiger partial charge in [0.25, 0.3) is 10.0 Å². The number of para-hydroxylation sites is 1. The molecule has 326 valence electrons. The lowest BCUT2D eigenvalue weighted by atomic mass is 10.0. The molecule has 3 N–H and O–H groups in total. The summed E-state index contributed by atoms with van der Waals surface area (Å²) in [7, 11) is 0.346. The summed E-state index contributed by atoms with van der Waals surface area (Å²) in [5.74, 6) is -0.124. The molecule has 0 unspecified atom stereocenters. The van der Waals surface area contributed by atoms with Crippen molar-refractivity contribution in [3.8, 4) is 11.1 Å². The van der Waals surface area contributed by atoms with Crippen LogP contribution in [-0.4, -0.2) is 87.3 Å². The number of likely N-dealkylation sites (N-methyl/N-ethyl adjacent to an activating group) is 1. The molecule has 0 saturated carbocycles. The third kappa shape index (κ3) is 8.84. The Hall–Kier alpha value is -6.51. The highest BCUT2D eigenvalue weighted by Crippen LogP contribution is 2.38. The molecule has 1 aromatic heterocycles. The number of aromatic amines is 1. The minimum atomic E-state index is -3.72. The van der Waals surface area contributed by atoms with Crippen LogP contribution in [0.25, 0.3) is 32.8 Å². The first kappa shape index (κ1) is 42.8. The Morgan fingerprint density at radius 2 is 1.56 bits per heavy atom. The summed E-state index contributed by atoms with van der Waals surface area (Å²) < 4.78 is 34.0. The van der Waals surface area contributed by atoms with Crippen molar-refractivity contribution in [3.05, 3.63) is 155 Å². The van der Waals surface area contributed by atoms with Gasteiger partial charge in [-0.3, -0.25) is 24.1 Å². The first-order chi connectivity index (χ1) is 30.9. The number of hydrogen-bond acceptors (Lipinski definition) is 8. The number of piperidine rings is 1. The van der Waals surface area contributed by atoms with E-state index in [0.29, 0.717) is 47.2 Å². The summed E-state index contributed by atoms with van der Waals surface area (Å²) >= 11 is 6.19. The number of amides is 2. The second-order valence-electron chi connectivity index (χ2n) is 16.6. The molecule has 12 nitrogen and oxygen atoms in total. The lowest BCUT2D eigenvalue weighted by Crippen LogP contribution is -2.50. The minimum Gasteiger partial charge on any atom is -0.444 e. The number of H-pyrrole nitrogens is 1. The van der Waals surface area contributed by atoms with E-state index in [-0.39, 0.29) is 35.3 Å². The van der Waals surface area contributed by atoms with Gasteiger partial charge in [0.1, 0.15) is 6.61 Å². The van der Waals surface area contributed by atoms with E-state index >= 15 is 0 Å². The van der Waals surface area contributed by atoms with Gasteiger partial charge in [0.15, 0.2) is 5.78 Å². The second-order valence-corrected chi connectivity index (χ2v) is 18.7. The maximum atomic E-state index is 12.9. The minimum absolute atomic E-state index is 0.00779. The van der Waals surface area contributed by atoms with Crippen LogP contribution in [0.5, 0.6) is 0 Å². The van der Waals surface area contributed by atoms with Gasteiger partial charge in [0.05, 0.1) is 17.1 Å². The van der Waals surface area contributed by atoms with Gasteiger partial charge in [-0.1, -0.05) is 78.3 Å². The fourth-order valence-corrected chi connectivity index (χ4v) is 10.1. The Morgan fingerprint density at radius 1 is 0.812 bits per heavy atom. The van der Waals surface area contributed by atoms with E-state index in [1.54, 1.807) is 41.3 Å². The van der Waals surface area contributed by atoms with Crippen molar-refractivity contribution >= 4 is 78.1 Å². The van der Waals surface area contributed by atoms with Gasteiger partial charge >= 0.3 is 6.09 Å². The van der Waals surface area contributed by atoms with Crippen LogP contribution in [0.15, 0.2) is 132 Å². The number of aromatic nitrogens is 1. The monoisotopic (exact) mass is 894 g/mol. The fourth-order valence-electron chi connectivity index (χ4n) is 8.76. The van der Waals surface area contributed by atoms with E-state index in [1.165, 1.54) is 0 Å². The molecule has 6 aromatic carbocycles. The number of benzene rings is 6. The number of halogens is 1. The maximum absolute atomic E-state index is 12.9. The smallest absolute Gasteiger partial charge is 0.414 e. The van der Waals surface area contributed by atoms with Crippen molar-refractivity contribution in [3.63, 3.8) is 0 Å². The molecule has 64 heavy (non-hydrogen) atoms. The van der Waals surface area contributed by atoms with E-state index in [1.807, 2.05) is 105 Å². The molecule has 1 aliphatic carbocycles. The van der Waals surface area contributed by atoms with E-state index in [0.717, 1.165) is 75.4 Å². The highest BCUT2D eigenvalue weighted by atomic mass is 35.5. The maximum Gasteiger partial charge on any atom is 0.414 e. The number of likely N-dealkylation sites (tertiary alicyclic amines) is 1. The summed E-state index contributed by atoms with van der Waals surface area (Å²) in [6, 6.07) is 36.9. The standard InChI is InChI=1S/C28H25N3O4.C22H22ClN3O2S/c32-26(29-19-9-10-22-21-6-2-3-7-23(21)27(33)24(22)15-19)16-30-13-11-20(12-14-30)31-25-8-4-1-5-18(25)17-35-28(31)34;1-26(2)11-10-16-14-24-22-9-6-17(13-20(16)22)25-29(27,28)18-7-8-19-15(12-18)4-3-5-21(19)23/h1-10,15,20H,11-14,16-17H2,(H,29,32);3-9,12-14,24-25H,10-11H2,1-2H3. The molecule has 0 bridgehead atoms. The van der Waals surface area contributed by atoms with Crippen LogP contribution >= 0.6 is 11.6 Å². The molecule has 14 heteroatoms. The molecular formula is C50H47ClN6O6S. The Balaban J connectivity index is 0.000000165. The number of nitrogens with one attached hydrogen (secondary N) is 3. The highest BCUT2D eigenvalue weighted by molar-refractivity contribution is 7.92. The number of sulfonamides is 1. The highest BCUT2D eigenvalue weighted by Gasteiger charge is 2.34. The van der Waals surface area contributed by atoms with E-state index < -0.39 is 10.0 Å². The Kier molecular flexibility index (Phi) is 12.0. The topological polar surface area (TPSA) is 144 Å². The number of ketones is 1. The summed E-state index contributed by atoms with van der Waals surface area (Å²) in [4.78, 5) is 47.4. The third-order valence-corrected chi connectivity index (χ3v) is 13.8. The number of cyclic esters (lactones) is 1. The predicted octanol–water partition coefficient (Wildman–Crippen LogP) is 9.34. The Morgan fingerprint density at radius 3 is 2.38 bits per heavy atom. The molecule has 0 spiro atoms. The van der Waals surface area contributed by atoms with Crippen molar-refractivity contribution in [2.24, 2.45) is 0 Å². The molecule has 0 atom stereocenters. The zero-order valence-electron chi connectivity index (χ0n) is 35.4. The molecule has 1 saturated heterocycles. The van der Waals surface area contributed by atoms with Crippen molar-refractivity contribution in [2.75, 3.05) is 55.2 Å². The van der Waals surface area contributed by atoms with E-state index in [9.17, 15) is 22.8 Å². The molecule has 3 aliphatic rings. The molecule has 10 rings (SSSR count). The fraction of sp³-hybridized carbons (Fsp3) is 0.220. The lowest BCUT2D eigenvalue weighted by molar-refractivity contribution is -0.117. The van der Waals surface area contributed by atoms with Gasteiger partial charge in [0, 0.05) is 81.2 Å². The van der Waals surface area contributed by atoms with Crippen LogP contribution in [0.1, 0.15) is 39.9 Å². The van der Waals surface area contributed by atoms with Gasteiger partial charge in [-0.25, -0.2) is 13.2 Å². The molecular weight excluding hydrogens is 848 g/mol. The second kappa shape index (κ2) is 17.9. The van der Waals surface area contributed by atoms with Crippen molar-refractivity contribution in [2.45, 2.75) is 36.8 Å². The average molecular weight is 895 g/mol. The number of hydrogen-bond donors (Lipinski definition) is 3. The van der Waals surface area contributed by atoms with Crippen LogP contribution in [-0.2, 0) is 32.6 Å². The molecule has 3 heterocycles. The number of nitrogens with zero attached hydrogens (tertiary/aromatic N) is 3. The van der Waals surface area contributed by atoms with Crippen molar-refractivity contribution < 1.29 is 27.5 Å². The van der Waals surface area contributed by atoms with Crippen LogP contribution < -0.4 is 14.9 Å². The summed E-state index contributed by atoms with van der Waals surface area (Å²) in [5, 5.41) is 6.18. The van der Waals surface area contributed by atoms with Crippen LogP contribution in [0.4, 0.5) is 21.9 Å². The molecule has 7 aromatic rings. The predicted molar refractivity (Wildman–Crippen MR) is 253 cm³/mol. The van der Waals surface area contributed by atoms with Gasteiger partial charge in [0.2, 0.25) is 5.91 Å². The van der Waals surface area contributed by atoms with E-state index in [4.69, 9.17) is 16.3 Å². The molecule has 0 radical (unpaired) electrons. The van der Waals surface area contributed by atoms with Gasteiger partial charge < -0.3 is 19.9 Å². The SMILES string of the molecule is CN(C)CCc1c[nH]c2ccc(NS(=O)(=O)c3ccc4c(Cl)cccc4c3)cc12.O=C(CN1CCC(N2C(=O)OCc3ccccc32)CC1)Nc1ccc2c(c1)C(=O)c1ccccc1-2. The summed E-state index contributed by atoms with van der Waals surface area (Å²) in [5.41, 5.74) is 8.42. The van der Waals surface area contributed by atoms with E-state index in [2.05, 4.69) is 24.8 Å². The van der Waals surface area contributed by atoms with Crippen molar-refractivity contribution in [1.82, 2.24) is 14.8 Å².